The lowest BCUT2D eigenvalue weighted by molar-refractivity contribution is -0.0379. The minimum atomic E-state index is -0.420. The third-order valence-corrected chi connectivity index (χ3v) is 6.06. The van der Waals surface area contributed by atoms with E-state index >= 15 is 0 Å². The van der Waals surface area contributed by atoms with Gasteiger partial charge in [-0.2, -0.15) is 0 Å². The second-order valence-corrected chi connectivity index (χ2v) is 8.99. The molecule has 0 saturated carbocycles. The molecule has 0 aromatic carbocycles. The lowest BCUT2D eigenvalue weighted by Gasteiger charge is -2.30. The minimum Gasteiger partial charge on any atom is -0.392 e. The number of fused-ring (bicyclic) bond motifs is 3. The molecule has 1 aliphatic rings. The van der Waals surface area contributed by atoms with Gasteiger partial charge in [0.1, 0.15) is 10.6 Å². The number of nitrogens with one attached hydrogen (secondary N) is 1. The van der Waals surface area contributed by atoms with E-state index in [1.807, 2.05) is 0 Å². The molecule has 3 heterocycles. The Hall–Kier alpha value is -0.890. The number of aliphatic hydroxyl groups is 1. The van der Waals surface area contributed by atoms with Crippen LogP contribution in [0.25, 0.3) is 10.2 Å². The van der Waals surface area contributed by atoms with Gasteiger partial charge >= 0.3 is 0 Å². The van der Waals surface area contributed by atoms with E-state index in [0.717, 1.165) is 39.8 Å². The number of thioether (sulfide) groups is 1. The number of nitrogens with zero attached hydrogens (tertiary/aromatic N) is 2. The van der Waals surface area contributed by atoms with Crippen molar-refractivity contribution in [2.45, 2.75) is 64.0 Å². The molecule has 2 N–H and O–H groups in total. The summed E-state index contributed by atoms with van der Waals surface area (Å²) < 4.78 is 5.95. The van der Waals surface area contributed by atoms with Crippen molar-refractivity contribution in [2.24, 2.45) is 0 Å². The molecule has 2 aromatic heterocycles. The second kappa shape index (κ2) is 7.15. The van der Waals surface area contributed by atoms with Crippen LogP contribution in [0.15, 0.2) is 5.16 Å². The smallest absolute Gasteiger partial charge is 0.190 e. The van der Waals surface area contributed by atoms with E-state index in [-0.39, 0.29) is 5.60 Å². The Labute approximate surface area is 151 Å². The molecule has 0 fully saturated rings. The molecular weight excluding hydrogens is 342 g/mol. The van der Waals surface area contributed by atoms with Crippen molar-refractivity contribution in [3.05, 3.63) is 10.4 Å². The summed E-state index contributed by atoms with van der Waals surface area (Å²) in [6.07, 6.45) is 1.53. The third kappa shape index (κ3) is 3.85. The largest absolute Gasteiger partial charge is 0.392 e. The van der Waals surface area contributed by atoms with Crippen LogP contribution in [0.2, 0.25) is 0 Å². The normalized spacial score (nSPS) is 17.7. The van der Waals surface area contributed by atoms with E-state index in [4.69, 9.17) is 14.7 Å². The van der Waals surface area contributed by atoms with Gasteiger partial charge in [-0.15, -0.1) is 11.3 Å². The first-order valence-corrected chi connectivity index (χ1v) is 10.2. The van der Waals surface area contributed by atoms with E-state index in [1.165, 1.54) is 10.4 Å². The van der Waals surface area contributed by atoms with Crippen LogP contribution in [0.4, 0.5) is 5.82 Å². The number of thiophene rings is 1. The molecule has 0 saturated heterocycles. The standard InChI is InChI=1S/C17H25N3O2S2/c1-5-6-23-16-19-14(18-8-10(2)21)13-11-7-17(3,4)22-9-12(11)24-15(13)20-16/h10,21H,5-9H2,1-4H3,(H,18,19,20). The number of aromatic nitrogens is 2. The molecule has 0 bridgehead atoms. The Balaban J connectivity index is 2.06. The summed E-state index contributed by atoms with van der Waals surface area (Å²) in [5.74, 6) is 1.84. The monoisotopic (exact) mass is 367 g/mol. The van der Waals surface area contributed by atoms with Gasteiger partial charge in [-0.1, -0.05) is 18.7 Å². The lowest BCUT2D eigenvalue weighted by Crippen LogP contribution is -2.31. The highest BCUT2D eigenvalue weighted by atomic mass is 32.2. The molecule has 24 heavy (non-hydrogen) atoms. The summed E-state index contributed by atoms with van der Waals surface area (Å²) >= 11 is 3.38. The summed E-state index contributed by atoms with van der Waals surface area (Å²) in [6, 6.07) is 0. The van der Waals surface area contributed by atoms with Gasteiger partial charge in [-0.05, 0) is 32.8 Å². The molecule has 0 radical (unpaired) electrons. The molecule has 0 amide bonds. The van der Waals surface area contributed by atoms with Gasteiger partial charge in [-0.3, -0.25) is 0 Å². The summed E-state index contributed by atoms with van der Waals surface area (Å²) in [4.78, 5) is 11.8. The van der Waals surface area contributed by atoms with Crippen molar-refractivity contribution in [2.75, 3.05) is 17.6 Å². The Morgan fingerprint density at radius 1 is 1.42 bits per heavy atom. The number of aliphatic hydroxyl groups excluding tert-OH is 1. The summed E-state index contributed by atoms with van der Waals surface area (Å²) in [6.45, 7) is 9.29. The van der Waals surface area contributed by atoms with E-state index in [2.05, 4.69) is 26.1 Å². The number of hydrogen-bond donors (Lipinski definition) is 2. The van der Waals surface area contributed by atoms with Crippen LogP contribution >= 0.6 is 23.1 Å². The maximum absolute atomic E-state index is 9.64. The van der Waals surface area contributed by atoms with E-state index in [1.54, 1.807) is 30.0 Å². The van der Waals surface area contributed by atoms with Gasteiger partial charge < -0.3 is 15.2 Å². The fourth-order valence-corrected chi connectivity index (χ4v) is 4.61. The van der Waals surface area contributed by atoms with Crippen molar-refractivity contribution < 1.29 is 9.84 Å². The maximum Gasteiger partial charge on any atom is 0.190 e. The van der Waals surface area contributed by atoms with Crippen LogP contribution in [0.3, 0.4) is 0 Å². The Morgan fingerprint density at radius 3 is 2.92 bits per heavy atom. The van der Waals surface area contributed by atoms with E-state index in [0.29, 0.717) is 13.2 Å². The molecule has 0 spiro atoms. The predicted molar refractivity (Wildman–Crippen MR) is 101 cm³/mol. The zero-order chi connectivity index (χ0) is 17.3. The van der Waals surface area contributed by atoms with Gasteiger partial charge in [-0.25, -0.2) is 9.97 Å². The summed E-state index contributed by atoms with van der Waals surface area (Å²) in [7, 11) is 0. The van der Waals surface area contributed by atoms with Crippen LogP contribution < -0.4 is 5.32 Å². The first-order valence-electron chi connectivity index (χ1n) is 8.40. The average Bonchev–Trinajstić information content (AvgIpc) is 2.87. The molecule has 3 rings (SSSR count). The molecule has 1 unspecified atom stereocenters. The fourth-order valence-electron chi connectivity index (χ4n) is 2.76. The molecule has 7 heteroatoms. The molecule has 1 atom stereocenters. The lowest BCUT2D eigenvalue weighted by atomic mass is 9.94. The summed E-state index contributed by atoms with van der Waals surface area (Å²) in [5.41, 5.74) is 1.13. The fraction of sp³-hybridized carbons (Fsp3) is 0.647. The third-order valence-electron chi connectivity index (χ3n) is 3.91. The Bertz CT molecular complexity index is 728. The Kier molecular flexibility index (Phi) is 5.34. The highest BCUT2D eigenvalue weighted by molar-refractivity contribution is 7.99. The van der Waals surface area contributed by atoms with Crippen LogP contribution in [0.5, 0.6) is 0 Å². The first kappa shape index (κ1) is 17.9. The van der Waals surface area contributed by atoms with Crippen molar-refractivity contribution >= 4 is 39.1 Å². The summed E-state index contributed by atoms with van der Waals surface area (Å²) in [5, 5.41) is 14.9. The molecule has 5 nitrogen and oxygen atoms in total. The van der Waals surface area contributed by atoms with E-state index < -0.39 is 6.10 Å². The SMILES string of the molecule is CCCSc1nc(NCC(C)O)c2c3c(sc2n1)COC(C)(C)C3. The molecular formula is C17H25N3O2S2. The van der Waals surface area contributed by atoms with Crippen LogP contribution in [-0.2, 0) is 17.8 Å². The number of anilines is 1. The average molecular weight is 368 g/mol. The number of rotatable bonds is 6. The minimum absolute atomic E-state index is 0.168. The first-order chi connectivity index (χ1) is 11.4. The number of ether oxygens (including phenoxy) is 1. The van der Waals surface area contributed by atoms with E-state index in [9.17, 15) is 5.11 Å². The Morgan fingerprint density at radius 2 is 2.21 bits per heavy atom. The molecule has 0 aliphatic carbocycles. The molecule has 2 aromatic rings. The maximum atomic E-state index is 9.64. The molecule has 1 aliphatic heterocycles. The van der Waals surface area contributed by atoms with Gasteiger partial charge in [0.15, 0.2) is 5.16 Å². The van der Waals surface area contributed by atoms with Gasteiger partial charge in [0, 0.05) is 23.6 Å². The zero-order valence-electron chi connectivity index (χ0n) is 14.7. The van der Waals surface area contributed by atoms with Gasteiger partial charge in [0.25, 0.3) is 0 Å². The van der Waals surface area contributed by atoms with Gasteiger partial charge in [0.2, 0.25) is 0 Å². The highest BCUT2D eigenvalue weighted by Gasteiger charge is 2.31. The van der Waals surface area contributed by atoms with Crippen molar-refractivity contribution in [1.29, 1.82) is 0 Å². The van der Waals surface area contributed by atoms with Gasteiger partial charge in [0.05, 0.1) is 23.7 Å². The van der Waals surface area contributed by atoms with Crippen LogP contribution in [0, 0.1) is 0 Å². The second-order valence-electron chi connectivity index (χ2n) is 6.84. The van der Waals surface area contributed by atoms with Crippen molar-refractivity contribution in [3.63, 3.8) is 0 Å². The van der Waals surface area contributed by atoms with Crippen molar-refractivity contribution in [1.82, 2.24) is 9.97 Å². The van der Waals surface area contributed by atoms with Crippen molar-refractivity contribution in [3.8, 4) is 0 Å². The number of hydrogen-bond acceptors (Lipinski definition) is 7. The highest BCUT2D eigenvalue weighted by Crippen LogP contribution is 2.41. The van der Waals surface area contributed by atoms with Crippen LogP contribution in [-0.4, -0.2) is 39.1 Å². The topological polar surface area (TPSA) is 67.3 Å². The predicted octanol–water partition coefficient (Wildman–Crippen LogP) is 3.84. The quantitative estimate of drug-likeness (QED) is 0.597. The van der Waals surface area contributed by atoms with Crippen LogP contribution in [0.1, 0.15) is 44.6 Å². The molecule has 132 valence electrons. The zero-order valence-corrected chi connectivity index (χ0v) is 16.3.